The van der Waals surface area contributed by atoms with E-state index in [-0.39, 0.29) is 0 Å². The second-order valence-electron chi connectivity index (χ2n) is 3.71. The molecule has 1 unspecified atom stereocenters. The number of imidazole rings is 1. The van der Waals surface area contributed by atoms with E-state index in [1.807, 2.05) is 12.5 Å². The zero-order valence-electron chi connectivity index (χ0n) is 8.35. The molecule has 0 saturated carbocycles. The molecule has 2 heterocycles. The van der Waals surface area contributed by atoms with Crippen molar-refractivity contribution < 1.29 is 4.74 Å². The monoisotopic (exact) mass is 195 g/mol. The van der Waals surface area contributed by atoms with E-state index < -0.39 is 0 Å². The first-order valence-electron chi connectivity index (χ1n) is 5.21. The van der Waals surface area contributed by atoms with Crippen LogP contribution in [0.4, 0.5) is 0 Å². The van der Waals surface area contributed by atoms with Crippen LogP contribution in [0.15, 0.2) is 12.5 Å². The van der Waals surface area contributed by atoms with Gasteiger partial charge in [-0.25, -0.2) is 4.98 Å². The lowest BCUT2D eigenvalue weighted by atomic mass is 10.2. The van der Waals surface area contributed by atoms with Crippen LogP contribution in [0.2, 0.25) is 0 Å². The van der Waals surface area contributed by atoms with Crippen molar-refractivity contribution in [2.24, 2.45) is 5.73 Å². The van der Waals surface area contributed by atoms with Crippen LogP contribution in [0, 0.1) is 0 Å². The summed E-state index contributed by atoms with van der Waals surface area (Å²) in [7, 11) is 0. The van der Waals surface area contributed by atoms with Crippen molar-refractivity contribution in [3.05, 3.63) is 18.2 Å². The molecule has 0 aromatic carbocycles. The van der Waals surface area contributed by atoms with Gasteiger partial charge in [0.05, 0.1) is 18.1 Å². The summed E-state index contributed by atoms with van der Waals surface area (Å²) < 4.78 is 7.67. The number of nitrogens with zero attached hydrogens (tertiary/aromatic N) is 2. The molecular weight excluding hydrogens is 178 g/mol. The number of aryl methyl sites for hydroxylation is 1. The Morgan fingerprint density at radius 2 is 2.57 bits per heavy atom. The lowest BCUT2D eigenvalue weighted by Gasteiger charge is -2.11. The van der Waals surface area contributed by atoms with Crippen molar-refractivity contribution in [1.29, 1.82) is 0 Å². The van der Waals surface area contributed by atoms with Gasteiger partial charge in [0.1, 0.15) is 0 Å². The zero-order valence-corrected chi connectivity index (χ0v) is 8.35. The first kappa shape index (κ1) is 9.68. The molecule has 0 spiro atoms. The summed E-state index contributed by atoms with van der Waals surface area (Å²) in [5.41, 5.74) is 6.69. The Morgan fingerprint density at radius 3 is 3.29 bits per heavy atom. The molecule has 0 aliphatic carbocycles. The summed E-state index contributed by atoms with van der Waals surface area (Å²) in [6.07, 6.45) is 7.60. The van der Waals surface area contributed by atoms with Crippen molar-refractivity contribution in [3.63, 3.8) is 0 Å². The fourth-order valence-corrected chi connectivity index (χ4v) is 1.87. The molecule has 0 amide bonds. The molecule has 4 nitrogen and oxygen atoms in total. The Labute approximate surface area is 84.1 Å². The minimum Gasteiger partial charge on any atom is -0.378 e. The number of hydrogen-bond acceptors (Lipinski definition) is 3. The highest BCUT2D eigenvalue weighted by Crippen LogP contribution is 2.16. The maximum Gasteiger partial charge on any atom is 0.0948 e. The van der Waals surface area contributed by atoms with E-state index in [2.05, 4.69) is 9.55 Å². The fourth-order valence-electron chi connectivity index (χ4n) is 1.87. The van der Waals surface area contributed by atoms with Gasteiger partial charge in [0, 0.05) is 25.9 Å². The third-order valence-electron chi connectivity index (χ3n) is 2.72. The number of rotatable bonds is 4. The van der Waals surface area contributed by atoms with E-state index >= 15 is 0 Å². The lowest BCUT2D eigenvalue weighted by molar-refractivity contribution is 0.100. The smallest absolute Gasteiger partial charge is 0.0948 e. The van der Waals surface area contributed by atoms with E-state index in [0.29, 0.717) is 12.6 Å². The second-order valence-corrected chi connectivity index (χ2v) is 3.71. The standard InChI is InChI=1S/C10H17N3O/c11-6-9-7-12-8-13(9)4-3-10-2-1-5-14-10/h7-8,10H,1-6,11H2. The molecule has 14 heavy (non-hydrogen) atoms. The van der Waals surface area contributed by atoms with Crippen molar-refractivity contribution in [1.82, 2.24) is 9.55 Å². The highest BCUT2D eigenvalue weighted by atomic mass is 16.5. The minimum absolute atomic E-state index is 0.447. The number of ether oxygens (including phenoxy) is 1. The molecule has 1 fully saturated rings. The Morgan fingerprint density at radius 1 is 1.64 bits per heavy atom. The predicted molar refractivity (Wildman–Crippen MR) is 53.7 cm³/mol. The zero-order chi connectivity index (χ0) is 9.80. The average Bonchev–Trinajstić information content (AvgIpc) is 2.85. The van der Waals surface area contributed by atoms with Crippen LogP contribution in [0.3, 0.4) is 0 Å². The maximum atomic E-state index is 5.59. The van der Waals surface area contributed by atoms with Crippen molar-refractivity contribution in [2.45, 2.75) is 38.5 Å². The predicted octanol–water partition coefficient (Wildman–Crippen LogP) is 0.911. The van der Waals surface area contributed by atoms with Gasteiger partial charge in [0.2, 0.25) is 0 Å². The lowest BCUT2D eigenvalue weighted by Crippen LogP contribution is -2.12. The third-order valence-corrected chi connectivity index (χ3v) is 2.72. The summed E-state index contributed by atoms with van der Waals surface area (Å²) >= 11 is 0. The van der Waals surface area contributed by atoms with E-state index in [9.17, 15) is 0 Å². The molecule has 4 heteroatoms. The Kier molecular flexibility index (Phi) is 3.16. The van der Waals surface area contributed by atoms with Gasteiger partial charge in [0.25, 0.3) is 0 Å². The fraction of sp³-hybridized carbons (Fsp3) is 0.700. The summed E-state index contributed by atoms with van der Waals surface area (Å²) in [4.78, 5) is 4.08. The second kappa shape index (κ2) is 4.57. The molecule has 0 bridgehead atoms. The van der Waals surface area contributed by atoms with E-state index in [4.69, 9.17) is 10.5 Å². The van der Waals surface area contributed by atoms with E-state index in [1.165, 1.54) is 12.8 Å². The number of nitrogens with two attached hydrogens (primary N) is 1. The number of hydrogen-bond donors (Lipinski definition) is 1. The minimum atomic E-state index is 0.447. The van der Waals surface area contributed by atoms with Gasteiger partial charge in [-0.1, -0.05) is 0 Å². The summed E-state index contributed by atoms with van der Waals surface area (Å²) in [6, 6.07) is 0. The van der Waals surface area contributed by atoms with Crippen molar-refractivity contribution in [2.75, 3.05) is 6.61 Å². The molecule has 1 aliphatic rings. The van der Waals surface area contributed by atoms with Gasteiger partial charge in [-0.05, 0) is 19.3 Å². The van der Waals surface area contributed by atoms with Crippen LogP contribution in [-0.4, -0.2) is 22.3 Å². The van der Waals surface area contributed by atoms with Crippen LogP contribution in [0.1, 0.15) is 25.0 Å². The van der Waals surface area contributed by atoms with Crippen LogP contribution < -0.4 is 5.73 Å². The summed E-state index contributed by atoms with van der Waals surface area (Å²) in [6.45, 7) is 2.46. The quantitative estimate of drug-likeness (QED) is 0.777. The van der Waals surface area contributed by atoms with Crippen LogP contribution in [0.5, 0.6) is 0 Å². The number of aromatic nitrogens is 2. The molecule has 78 valence electrons. The molecule has 1 atom stereocenters. The van der Waals surface area contributed by atoms with Crippen LogP contribution in [-0.2, 0) is 17.8 Å². The SMILES string of the molecule is NCc1cncn1CCC1CCCO1. The summed E-state index contributed by atoms with van der Waals surface area (Å²) in [5, 5.41) is 0. The molecule has 1 aliphatic heterocycles. The van der Waals surface area contributed by atoms with Gasteiger partial charge >= 0.3 is 0 Å². The Bertz CT molecular complexity index is 279. The van der Waals surface area contributed by atoms with E-state index in [1.54, 1.807) is 0 Å². The first-order chi connectivity index (χ1) is 6.90. The van der Waals surface area contributed by atoms with Gasteiger partial charge in [-0.3, -0.25) is 0 Å². The average molecular weight is 195 g/mol. The van der Waals surface area contributed by atoms with Crippen LogP contribution >= 0.6 is 0 Å². The molecule has 2 N–H and O–H groups in total. The highest BCUT2D eigenvalue weighted by molar-refractivity contribution is 4.97. The maximum absolute atomic E-state index is 5.59. The largest absolute Gasteiger partial charge is 0.378 e. The van der Waals surface area contributed by atoms with Gasteiger partial charge in [-0.2, -0.15) is 0 Å². The third kappa shape index (κ3) is 2.13. The molecule has 1 aromatic rings. The first-order valence-corrected chi connectivity index (χ1v) is 5.21. The van der Waals surface area contributed by atoms with Gasteiger partial charge in [-0.15, -0.1) is 0 Å². The summed E-state index contributed by atoms with van der Waals surface area (Å²) in [5.74, 6) is 0. The van der Waals surface area contributed by atoms with Gasteiger partial charge < -0.3 is 15.0 Å². The molecule has 0 radical (unpaired) electrons. The molecule has 2 rings (SSSR count). The molecule has 1 aromatic heterocycles. The topological polar surface area (TPSA) is 53.1 Å². The van der Waals surface area contributed by atoms with Crippen LogP contribution in [0.25, 0.3) is 0 Å². The highest BCUT2D eigenvalue weighted by Gasteiger charge is 2.15. The molecule has 1 saturated heterocycles. The Balaban J connectivity index is 1.84. The van der Waals surface area contributed by atoms with E-state index in [0.717, 1.165) is 25.3 Å². The normalized spacial score (nSPS) is 21.6. The molecular formula is C10H17N3O. The van der Waals surface area contributed by atoms with Crippen molar-refractivity contribution >= 4 is 0 Å². The van der Waals surface area contributed by atoms with Crippen molar-refractivity contribution in [3.8, 4) is 0 Å². The Hall–Kier alpha value is -0.870. The van der Waals surface area contributed by atoms with Gasteiger partial charge in [0.15, 0.2) is 0 Å².